The summed E-state index contributed by atoms with van der Waals surface area (Å²) in [6, 6.07) is 5.67. The van der Waals surface area contributed by atoms with Gasteiger partial charge < -0.3 is 19.9 Å². The summed E-state index contributed by atoms with van der Waals surface area (Å²) in [5, 5.41) is 0.594. The second kappa shape index (κ2) is 6.23. The SMILES string of the molecule is COCO[C@@H]1c2c(Cl)cccc2CC[C@@H]1OC(N)=O. The predicted octanol–water partition coefficient (Wildman–Crippen LogP) is 2.41. The molecular weight excluding hydrogens is 270 g/mol. The highest BCUT2D eigenvalue weighted by molar-refractivity contribution is 6.31. The number of primary amides is 1. The first-order chi connectivity index (χ1) is 9.13. The zero-order valence-electron chi connectivity index (χ0n) is 10.6. The molecule has 0 fully saturated rings. The summed E-state index contributed by atoms with van der Waals surface area (Å²) in [4.78, 5) is 11.0. The lowest BCUT2D eigenvalue weighted by molar-refractivity contribution is -0.119. The van der Waals surface area contributed by atoms with Crippen LogP contribution < -0.4 is 5.73 Å². The Morgan fingerprint density at radius 3 is 3.00 bits per heavy atom. The maximum absolute atomic E-state index is 11.0. The lowest BCUT2D eigenvalue weighted by Crippen LogP contribution is -2.34. The lowest BCUT2D eigenvalue weighted by Gasteiger charge is -2.33. The Balaban J connectivity index is 2.30. The average molecular weight is 286 g/mol. The van der Waals surface area contributed by atoms with Gasteiger partial charge in [-0.1, -0.05) is 23.7 Å². The van der Waals surface area contributed by atoms with Gasteiger partial charge in [0.25, 0.3) is 0 Å². The van der Waals surface area contributed by atoms with Crippen LogP contribution in [-0.4, -0.2) is 26.1 Å². The molecule has 5 nitrogen and oxygen atoms in total. The molecule has 1 aliphatic rings. The van der Waals surface area contributed by atoms with E-state index in [0.29, 0.717) is 11.4 Å². The van der Waals surface area contributed by atoms with E-state index in [9.17, 15) is 4.79 Å². The predicted molar refractivity (Wildman–Crippen MR) is 69.9 cm³/mol. The van der Waals surface area contributed by atoms with Gasteiger partial charge in [-0.05, 0) is 24.5 Å². The monoisotopic (exact) mass is 285 g/mol. The molecule has 0 unspecified atom stereocenters. The van der Waals surface area contributed by atoms with Crippen LogP contribution in [0.1, 0.15) is 23.7 Å². The lowest BCUT2D eigenvalue weighted by atomic mass is 9.87. The van der Waals surface area contributed by atoms with Crippen LogP contribution in [0.25, 0.3) is 0 Å². The zero-order valence-corrected chi connectivity index (χ0v) is 11.4. The maximum Gasteiger partial charge on any atom is 0.404 e. The second-order valence-electron chi connectivity index (χ2n) is 4.32. The van der Waals surface area contributed by atoms with Crippen LogP contribution in [0, 0.1) is 0 Å². The molecule has 2 rings (SSSR count). The Labute approximate surface area is 116 Å². The summed E-state index contributed by atoms with van der Waals surface area (Å²) >= 11 is 6.23. The van der Waals surface area contributed by atoms with Crippen molar-refractivity contribution in [1.82, 2.24) is 0 Å². The molecule has 1 amide bonds. The number of carbonyl (C=O) groups is 1. The van der Waals surface area contributed by atoms with Gasteiger partial charge in [0.2, 0.25) is 0 Å². The van der Waals surface area contributed by atoms with Gasteiger partial charge in [-0.3, -0.25) is 0 Å². The van der Waals surface area contributed by atoms with Crippen LogP contribution in [0.15, 0.2) is 18.2 Å². The Bertz CT molecular complexity index is 466. The summed E-state index contributed by atoms with van der Waals surface area (Å²) in [6.07, 6.45) is -0.304. The van der Waals surface area contributed by atoms with Crippen LogP contribution in [0.2, 0.25) is 5.02 Å². The van der Waals surface area contributed by atoms with E-state index >= 15 is 0 Å². The number of halogens is 1. The van der Waals surface area contributed by atoms with Crippen molar-refractivity contribution in [2.45, 2.75) is 25.0 Å². The summed E-state index contributed by atoms with van der Waals surface area (Å²) in [5.74, 6) is 0. The first-order valence-electron chi connectivity index (χ1n) is 5.97. The van der Waals surface area contributed by atoms with E-state index in [1.807, 2.05) is 12.1 Å². The Hall–Kier alpha value is -1.30. The number of aryl methyl sites for hydroxylation is 1. The Kier molecular flexibility index (Phi) is 4.63. The van der Waals surface area contributed by atoms with Gasteiger partial charge in [0, 0.05) is 17.7 Å². The van der Waals surface area contributed by atoms with Crippen molar-refractivity contribution in [1.29, 1.82) is 0 Å². The third-order valence-corrected chi connectivity index (χ3v) is 3.43. The van der Waals surface area contributed by atoms with Crippen molar-refractivity contribution >= 4 is 17.7 Å². The van der Waals surface area contributed by atoms with E-state index in [2.05, 4.69) is 0 Å². The average Bonchev–Trinajstić information content (AvgIpc) is 2.37. The normalized spacial score (nSPS) is 21.8. The van der Waals surface area contributed by atoms with E-state index in [1.165, 1.54) is 7.11 Å². The minimum absolute atomic E-state index is 0.0912. The fourth-order valence-electron chi connectivity index (χ4n) is 2.36. The van der Waals surface area contributed by atoms with Gasteiger partial charge in [0.05, 0.1) is 0 Å². The smallest absolute Gasteiger partial charge is 0.404 e. The van der Waals surface area contributed by atoms with E-state index in [0.717, 1.165) is 17.5 Å². The first kappa shape index (κ1) is 14.1. The van der Waals surface area contributed by atoms with Gasteiger partial charge in [-0.2, -0.15) is 0 Å². The fourth-order valence-corrected chi connectivity index (χ4v) is 2.66. The molecular formula is C13H16ClNO4. The molecule has 2 atom stereocenters. The van der Waals surface area contributed by atoms with Crippen molar-refractivity contribution in [3.63, 3.8) is 0 Å². The summed E-state index contributed by atoms with van der Waals surface area (Å²) < 4.78 is 15.6. The molecule has 0 heterocycles. The molecule has 0 bridgehead atoms. The molecule has 1 aromatic rings. The second-order valence-corrected chi connectivity index (χ2v) is 4.73. The van der Waals surface area contributed by atoms with E-state index < -0.39 is 18.3 Å². The molecule has 1 aromatic carbocycles. The first-order valence-corrected chi connectivity index (χ1v) is 6.35. The molecule has 19 heavy (non-hydrogen) atoms. The van der Waals surface area contributed by atoms with Crippen LogP contribution >= 0.6 is 11.6 Å². The maximum atomic E-state index is 11.0. The van der Waals surface area contributed by atoms with Gasteiger partial charge in [-0.15, -0.1) is 0 Å². The molecule has 0 radical (unpaired) electrons. The topological polar surface area (TPSA) is 70.8 Å². The number of nitrogens with two attached hydrogens (primary N) is 1. The Morgan fingerprint density at radius 2 is 2.32 bits per heavy atom. The number of hydrogen-bond acceptors (Lipinski definition) is 4. The molecule has 6 heteroatoms. The molecule has 1 aliphatic carbocycles. The highest BCUT2D eigenvalue weighted by Crippen LogP contribution is 2.38. The third kappa shape index (κ3) is 3.18. The Morgan fingerprint density at radius 1 is 1.53 bits per heavy atom. The molecule has 0 aromatic heterocycles. The summed E-state index contributed by atoms with van der Waals surface area (Å²) in [7, 11) is 1.53. The van der Waals surface area contributed by atoms with Crippen molar-refractivity contribution in [2.24, 2.45) is 5.73 Å². The van der Waals surface area contributed by atoms with Crippen molar-refractivity contribution in [3.05, 3.63) is 34.3 Å². The minimum Gasteiger partial charge on any atom is -0.443 e. The number of amides is 1. The number of benzene rings is 1. The number of ether oxygens (including phenoxy) is 3. The van der Waals surface area contributed by atoms with E-state index in [-0.39, 0.29) is 6.79 Å². The fraction of sp³-hybridized carbons (Fsp3) is 0.462. The standard InChI is InChI=1S/C13H16ClNO4/c1-17-7-18-12-10(19-13(15)16)6-5-8-3-2-4-9(14)11(8)12/h2-4,10,12H,5-7H2,1H3,(H2,15,16)/t10-,12-/m0/s1. The van der Waals surface area contributed by atoms with Crippen LogP contribution in [0.4, 0.5) is 4.79 Å². The van der Waals surface area contributed by atoms with E-state index in [1.54, 1.807) is 6.07 Å². The van der Waals surface area contributed by atoms with Crippen molar-refractivity contribution < 1.29 is 19.0 Å². The van der Waals surface area contributed by atoms with Gasteiger partial charge >= 0.3 is 6.09 Å². The van der Waals surface area contributed by atoms with Crippen LogP contribution in [0.5, 0.6) is 0 Å². The third-order valence-electron chi connectivity index (χ3n) is 3.10. The highest BCUT2D eigenvalue weighted by Gasteiger charge is 2.34. The van der Waals surface area contributed by atoms with Gasteiger partial charge in [-0.25, -0.2) is 4.79 Å². The molecule has 0 saturated carbocycles. The number of rotatable bonds is 4. The van der Waals surface area contributed by atoms with Crippen LogP contribution in [0.3, 0.4) is 0 Å². The summed E-state index contributed by atoms with van der Waals surface area (Å²) in [5.41, 5.74) is 7.03. The highest BCUT2D eigenvalue weighted by atomic mass is 35.5. The number of hydrogen-bond donors (Lipinski definition) is 1. The molecule has 0 saturated heterocycles. The van der Waals surface area contributed by atoms with Crippen LogP contribution in [-0.2, 0) is 20.6 Å². The minimum atomic E-state index is -0.813. The zero-order chi connectivity index (χ0) is 13.8. The van der Waals surface area contributed by atoms with E-state index in [4.69, 9.17) is 31.5 Å². The van der Waals surface area contributed by atoms with Gasteiger partial charge in [0.1, 0.15) is 19.0 Å². The number of fused-ring (bicyclic) bond motifs is 1. The number of carbonyl (C=O) groups excluding carboxylic acids is 1. The molecule has 0 spiro atoms. The summed E-state index contributed by atoms with van der Waals surface area (Å²) in [6.45, 7) is 0.0912. The quantitative estimate of drug-likeness (QED) is 0.863. The van der Waals surface area contributed by atoms with Gasteiger partial charge in [0.15, 0.2) is 0 Å². The number of methoxy groups -OCH3 is 1. The molecule has 2 N–H and O–H groups in total. The molecule has 104 valence electrons. The largest absolute Gasteiger partial charge is 0.443 e. The van der Waals surface area contributed by atoms with Crippen molar-refractivity contribution in [2.75, 3.05) is 13.9 Å². The van der Waals surface area contributed by atoms with Crippen molar-refractivity contribution in [3.8, 4) is 0 Å². The molecule has 0 aliphatic heterocycles.